The predicted octanol–water partition coefficient (Wildman–Crippen LogP) is 2.48. The fourth-order valence-corrected chi connectivity index (χ4v) is 1.46. The maximum Gasteiger partial charge on any atom is 0.150 e. The van der Waals surface area contributed by atoms with Crippen molar-refractivity contribution in [3.63, 3.8) is 0 Å². The maximum absolute atomic E-state index is 10.7. The second-order valence-electron chi connectivity index (χ2n) is 3.53. The summed E-state index contributed by atoms with van der Waals surface area (Å²) in [5, 5.41) is 0. The molecule has 0 saturated heterocycles. The molecule has 0 aromatic heterocycles. The molecule has 0 saturated carbocycles. The first-order valence-corrected chi connectivity index (χ1v) is 5.51. The molecule has 16 heavy (non-hydrogen) atoms. The van der Waals surface area contributed by atoms with Gasteiger partial charge < -0.3 is 9.47 Å². The number of methoxy groups -OCH3 is 1. The van der Waals surface area contributed by atoms with Gasteiger partial charge in [-0.05, 0) is 18.1 Å². The van der Waals surface area contributed by atoms with E-state index in [1.165, 1.54) is 0 Å². The summed E-state index contributed by atoms with van der Waals surface area (Å²) < 4.78 is 10.6. The first-order valence-electron chi connectivity index (χ1n) is 5.51. The van der Waals surface area contributed by atoms with Gasteiger partial charge in [-0.2, -0.15) is 0 Å². The van der Waals surface area contributed by atoms with E-state index in [9.17, 15) is 4.79 Å². The molecule has 0 fully saturated rings. The second kappa shape index (κ2) is 7.01. The van der Waals surface area contributed by atoms with E-state index in [0.29, 0.717) is 18.8 Å². The summed E-state index contributed by atoms with van der Waals surface area (Å²) in [6, 6.07) is 5.54. The van der Waals surface area contributed by atoms with Crippen LogP contribution in [0.2, 0.25) is 0 Å². The molecule has 0 amide bonds. The molecule has 0 aliphatic heterocycles. The van der Waals surface area contributed by atoms with E-state index >= 15 is 0 Å². The van der Waals surface area contributed by atoms with Gasteiger partial charge in [0.2, 0.25) is 0 Å². The molecule has 0 aliphatic rings. The van der Waals surface area contributed by atoms with Crippen LogP contribution in [0.4, 0.5) is 0 Å². The Morgan fingerprint density at radius 3 is 2.75 bits per heavy atom. The van der Waals surface area contributed by atoms with Crippen LogP contribution in [0, 0.1) is 0 Å². The molecule has 3 heteroatoms. The molecule has 0 radical (unpaired) electrons. The van der Waals surface area contributed by atoms with Crippen LogP contribution in [-0.4, -0.2) is 26.6 Å². The number of hydrogen-bond donors (Lipinski definition) is 0. The summed E-state index contributed by atoms with van der Waals surface area (Å²) >= 11 is 0. The van der Waals surface area contributed by atoms with Crippen molar-refractivity contribution < 1.29 is 14.3 Å². The Labute approximate surface area is 96.4 Å². The highest BCUT2D eigenvalue weighted by Crippen LogP contribution is 2.20. The average Bonchev–Trinajstić information content (AvgIpc) is 2.34. The Kier molecular flexibility index (Phi) is 5.57. The van der Waals surface area contributed by atoms with Gasteiger partial charge in [0.05, 0.1) is 6.61 Å². The van der Waals surface area contributed by atoms with Crippen molar-refractivity contribution in [1.29, 1.82) is 0 Å². The van der Waals surface area contributed by atoms with Crippen molar-refractivity contribution in [2.75, 3.05) is 20.3 Å². The molecule has 1 aromatic rings. The number of rotatable bonds is 7. The number of aryl methyl sites for hydroxylation is 1. The number of carbonyl (C=O) groups excluding carboxylic acids is 1. The van der Waals surface area contributed by atoms with Crippen molar-refractivity contribution in [2.45, 2.75) is 19.8 Å². The fraction of sp³-hybridized carbons (Fsp3) is 0.462. The van der Waals surface area contributed by atoms with Crippen LogP contribution in [0.1, 0.15) is 29.3 Å². The fourth-order valence-electron chi connectivity index (χ4n) is 1.46. The zero-order valence-electron chi connectivity index (χ0n) is 9.86. The van der Waals surface area contributed by atoms with Crippen LogP contribution < -0.4 is 4.74 Å². The summed E-state index contributed by atoms with van der Waals surface area (Å²) in [5.74, 6) is 0.809. The van der Waals surface area contributed by atoms with E-state index < -0.39 is 0 Å². The molecule has 0 heterocycles. The third-order valence-electron chi connectivity index (χ3n) is 2.36. The minimum Gasteiger partial charge on any atom is -0.493 e. The maximum atomic E-state index is 10.7. The molecule has 0 bridgehead atoms. The largest absolute Gasteiger partial charge is 0.493 e. The zero-order valence-corrected chi connectivity index (χ0v) is 9.86. The highest BCUT2D eigenvalue weighted by Gasteiger charge is 2.03. The summed E-state index contributed by atoms with van der Waals surface area (Å²) in [5.41, 5.74) is 1.78. The Bertz CT molecular complexity index is 334. The third kappa shape index (κ3) is 3.66. The van der Waals surface area contributed by atoms with E-state index in [0.717, 1.165) is 30.4 Å². The smallest absolute Gasteiger partial charge is 0.150 e. The van der Waals surface area contributed by atoms with Crippen molar-refractivity contribution in [1.82, 2.24) is 0 Å². The van der Waals surface area contributed by atoms with Crippen molar-refractivity contribution in [3.8, 4) is 5.75 Å². The summed E-state index contributed by atoms with van der Waals surface area (Å²) in [4.78, 5) is 10.7. The summed E-state index contributed by atoms with van der Waals surface area (Å²) in [6.45, 7) is 3.37. The molecule has 0 aliphatic carbocycles. The first kappa shape index (κ1) is 12.7. The molecule has 3 nitrogen and oxygen atoms in total. The van der Waals surface area contributed by atoms with E-state index in [1.54, 1.807) is 13.2 Å². The van der Waals surface area contributed by atoms with Crippen LogP contribution >= 0.6 is 0 Å². The molecular formula is C13H18O3. The van der Waals surface area contributed by atoms with Crippen molar-refractivity contribution in [2.24, 2.45) is 0 Å². The number of hydrogen-bond acceptors (Lipinski definition) is 3. The Morgan fingerprint density at radius 1 is 1.31 bits per heavy atom. The van der Waals surface area contributed by atoms with Gasteiger partial charge in [-0.1, -0.05) is 19.1 Å². The highest BCUT2D eigenvalue weighted by molar-refractivity contribution is 5.75. The highest BCUT2D eigenvalue weighted by atomic mass is 16.5. The van der Waals surface area contributed by atoms with E-state index in [2.05, 4.69) is 6.92 Å². The quantitative estimate of drug-likeness (QED) is 0.525. The lowest BCUT2D eigenvalue weighted by molar-refractivity contribution is 0.112. The molecule has 88 valence electrons. The lowest BCUT2D eigenvalue weighted by atomic mass is 10.1. The molecule has 0 N–H and O–H groups in total. The lowest BCUT2D eigenvalue weighted by Gasteiger charge is -2.10. The normalized spacial score (nSPS) is 10.1. The SMILES string of the molecule is CCc1ccc(C=O)cc1OCCCOC. The molecule has 1 rings (SSSR count). The standard InChI is InChI=1S/C13H18O3/c1-3-12-6-5-11(10-14)9-13(12)16-8-4-7-15-2/h5-6,9-10H,3-4,7-8H2,1-2H3. The molecule has 0 spiro atoms. The Morgan fingerprint density at radius 2 is 2.12 bits per heavy atom. The average molecular weight is 222 g/mol. The predicted molar refractivity (Wildman–Crippen MR) is 63.2 cm³/mol. The van der Waals surface area contributed by atoms with Crippen molar-refractivity contribution in [3.05, 3.63) is 29.3 Å². The molecule has 0 atom stereocenters. The minimum atomic E-state index is 0.614. The lowest BCUT2D eigenvalue weighted by Crippen LogP contribution is -2.03. The monoisotopic (exact) mass is 222 g/mol. The van der Waals surface area contributed by atoms with Gasteiger partial charge in [-0.3, -0.25) is 4.79 Å². The van der Waals surface area contributed by atoms with Crippen molar-refractivity contribution >= 4 is 6.29 Å². The van der Waals surface area contributed by atoms with Crippen LogP contribution in [0.15, 0.2) is 18.2 Å². The third-order valence-corrected chi connectivity index (χ3v) is 2.36. The van der Waals surface area contributed by atoms with Crippen LogP contribution in [0.3, 0.4) is 0 Å². The molecular weight excluding hydrogens is 204 g/mol. The number of benzene rings is 1. The number of carbonyl (C=O) groups is 1. The van der Waals surface area contributed by atoms with E-state index in [1.807, 2.05) is 12.1 Å². The number of aldehydes is 1. The second-order valence-corrected chi connectivity index (χ2v) is 3.53. The van der Waals surface area contributed by atoms with Gasteiger partial charge >= 0.3 is 0 Å². The van der Waals surface area contributed by atoms with Gasteiger partial charge in [0, 0.05) is 25.7 Å². The molecule has 0 unspecified atom stereocenters. The topological polar surface area (TPSA) is 35.5 Å². The van der Waals surface area contributed by atoms with Gasteiger partial charge in [-0.15, -0.1) is 0 Å². The zero-order chi connectivity index (χ0) is 11.8. The van der Waals surface area contributed by atoms with Gasteiger partial charge in [0.25, 0.3) is 0 Å². The summed E-state index contributed by atoms with van der Waals surface area (Å²) in [6.07, 6.45) is 2.59. The van der Waals surface area contributed by atoms with Crippen LogP contribution in [0.25, 0.3) is 0 Å². The van der Waals surface area contributed by atoms with Gasteiger partial charge in [0.15, 0.2) is 0 Å². The van der Waals surface area contributed by atoms with Gasteiger partial charge in [0.1, 0.15) is 12.0 Å². The van der Waals surface area contributed by atoms with Gasteiger partial charge in [-0.25, -0.2) is 0 Å². The Hall–Kier alpha value is -1.35. The van der Waals surface area contributed by atoms with Crippen LogP contribution in [-0.2, 0) is 11.2 Å². The summed E-state index contributed by atoms with van der Waals surface area (Å²) in [7, 11) is 1.67. The number of ether oxygens (including phenoxy) is 2. The minimum absolute atomic E-state index is 0.614. The van der Waals surface area contributed by atoms with E-state index in [4.69, 9.17) is 9.47 Å². The molecule has 1 aromatic carbocycles. The first-order chi connectivity index (χ1) is 7.81. The van der Waals surface area contributed by atoms with E-state index in [-0.39, 0.29) is 0 Å². The Balaban J connectivity index is 2.64. The van der Waals surface area contributed by atoms with Crippen LogP contribution in [0.5, 0.6) is 5.75 Å².